The van der Waals surface area contributed by atoms with Gasteiger partial charge in [-0.2, -0.15) is 0 Å². The summed E-state index contributed by atoms with van der Waals surface area (Å²) in [7, 11) is 0. The number of pyridine rings is 1. The number of nitrogens with one attached hydrogen (secondary N) is 1. The highest BCUT2D eigenvalue weighted by atomic mass is 16.3. The summed E-state index contributed by atoms with van der Waals surface area (Å²) in [5.74, 6) is 1.13. The summed E-state index contributed by atoms with van der Waals surface area (Å²) in [5, 5.41) is 14.6. The summed E-state index contributed by atoms with van der Waals surface area (Å²) in [4.78, 5) is 9.08. The van der Waals surface area contributed by atoms with Crippen LogP contribution in [0.25, 0.3) is 21.9 Å². The van der Waals surface area contributed by atoms with Gasteiger partial charge in [0.15, 0.2) is 5.82 Å². The van der Waals surface area contributed by atoms with Crippen LogP contribution in [-0.4, -0.2) is 31.8 Å². The van der Waals surface area contributed by atoms with Crippen molar-refractivity contribution in [3.63, 3.8) is 0 Å². The highest BCUT2D eigenvalue weighted by Crippen LogP contribution is 2.31. The van der Waals surface area contributed by atoms with Crippen LogP contribution in [0.1, 0.15) is 27.2 Å². The number of nitrogen functional groups attached to an aromatic ring is 1. The first-order valence-electron chi connectivity index (χ1n) is 7.91. The molecule has 0 aliphatic carbocycles. The summed E-state index contributed by atoms with van der Waals surface area (Å²) in [6.07, 6.45) is 0.986. The van der Waals surface area contributed by atoms with Gasteiger partial charge in [-0.15, -0.1) is 0 Å². The van der Waals surface area contributed by atoms with Gasteiger partial charge < -0.3 is 20.7 Å². The van der Waals surface area contributed by atoms with Gasteiger partial charge in [0, 0.05) is 11.9 Å². The van der Waals surface area contributed by atoms with Gasteiger partial charge in [-0.25, -0.2) is 9.97 Å². The number of aromatic nitrogens is 3. The molecule has 6 nitrogen and oxygen atoms in total. The van der Waals surface area contributed by atoms with Gasteiger partial charge in [0.2, 0.25) is 5.95 Å². The number of rotatable bonds is 5. The van der Waals surface area contributed by atoms with Crippen molar-refractivity contribution < 1.29 is 5.11 Å². The van der Waals surface area contributed by atoms with Gasteiger partial charge in [-0.1, -0.05) is 25.1 Å². The van der Waals surface area contributed by atoms with Crippen molar-refractivity contribution >= 4 is 33.7 Å². The summed E-state index contributed by atoms with van der Waals surface area (Å²) in [6, 6.07) is 7.86. The fraction of sp³-hybridized carbons (Fsp3) is 0.412. The topological polar surface area (TPSA) is 89.0 Å². The molecular formula is C17H23N5O. The van der Waals surface area contributed by atoms with E-state index in [1.54, 1.807) is 13.8 Å². The molecule has 0 radical (unpaired) electrons. The van der Waals surface area contributed by atoms with Crippen LogP contribution in [0.3, 0.4) is 0 Å². The zero-order valence-corrected chi connectivity index (χ0v) is 13.8. The van der Waals surface area contributed by atoms with Crippen molar-refractivity contribution in [2.24, 2.45) is 0 Å². The second-order valence-electron chi connectivity index (χ2n) is 6.47. The fourth-order valence-electron chi connectivity index (χ4n) is 2.77. The number of hydrogen-bond acceptors (Lipinski definition) is 5. The summed E-state index contributed by atoms with van der Waals surface area (Å²) < 4.78 is 2.01. The Labute approximate surface area is 135 Å². The van der Waals surface area contributed by atoms with E-state index in [-0.39, 0.29) is 0 Å². The van der Waals surface area contributed by atoms with Crippen molar-refractivity contribution in [1.82, 2.24) is 14.5 Å². The van der Waals surface area contributed by atoms with Crippen LogP contribution >= 0.6 is 0 Å². The van der Waals surface area contributed by atoms with Gasteiger partial charge in [0.05, 0.1) is 23.2 Å². The van der Waals surface area contributed by atoms with Gasteiger partial charge in [0.1, 0.15) is 5.52 Å². The van der Waals surface area contributed by atoms with Crippen LogP contribution in [0.5, 0.6) is 0 Å². The summed E-state index contributed by atoms with van der Waals surface area (Å²) >= 11 is 0. The predicted octanol–water partition coefficient (Wildman–Crippen LogP) is 2.76. The van der Waals surface area contributed by atoms with Crippen molar-refractivity contribution in [2.45, 2.75) is 39.3 Å². The van der Waals surface area contributed by atoms with E-state index in [4.69, 9.17) is 5.73 Å². The smallest absolute Gasteiger partial charge is 0.204 e. The maximum atomic E-state index is 10.3. The van der Waals surface area contributed by atoms with E-state index in [0.717, 1.165) is 29.4 Å². The molecule has 3 rings (SSSR count). The van der Waals surface area contributed by atoms with Crippen LogP contribution < -0.4 is 11.1 Å². The van der Waals surface area contributed by atoms with Crippen LogP contribution in [0.2, 0.25) is 0 Å². The quantitative estimate of drug-likeness (QED) is 0.674. The molecular weight excluding hydrogens is 290 g/mol. The number of nitrogens with two attached hydrogens (primary N) is 1. The van der Waals surface area contributed by atoms with Gasteiger partial charge in [-0.05, 0) is 26.3 Å². The molecule has 0 aliphatic rings. The number of hydrogen-bond donors (Lipinski definition) is 3. The lowest BCUT2D eigenvalue weighted by molar-refractivity contribution is 0.0633. The monoisotopic (exact) mass is 313 g/mol. The second-order valence-corrected chi connectivity index (χ2v) is 6.47. The van der Waals surface area contributed by atoms with E-state index in [9.17, 15) is 5.11 Å². The number of nitrogens with zero attached hydrogens (tertiary/aromatic N) is 3. The first kappa shape index (κ1) is 15.6. The highest BCUT2D eigenvalue weighted by Gasteiger charge is 2.22. The predicted molar refractivity (Wildman–Crippen MR) is 94.5 cm³/mol. The second kappa shape index (κ2) is 5.70. The molecule has 0 spiro atoms. The minimum Gasteiger partial charge on any atom is -0.389 e. The highest BCUT2D eigenvalue weighted by molar-refractivity contribution is 6.07. The lowest BCUT2D eigenvalue weighted by Gasteiger charge is -2.20. The first-order chi connectivity index (χ1) is 10.9. The Hall–Kier alpha value is -2.34. The number of fused-ring (bicyclic) bond motifs is 3. The van der Waals surface area contributed by atoms with E-state index < -0.39 is 5.60 Å². The van der Waals surface area contributed by atoms with E-state index in [1.165, 1.54) is 0 Å². The van der Waals surface area contributed by atoms with Crippen LogP contribution in [0.15, 0.2) is 24.3 Å². The zero-order valence-electron chi connectivity index (χ0n) is 13.8. The van der Waals surface area contributed by atoms with Crippen molar-refractivity contribution in [3.05, 3.63) is 24.3 Å². The lowest BCUT2D eigenvalue weighted by atomic mass is 10.1. The number of imidazole rings is 1. The third kappa shape index (κ3) is 2.94. The Morgan fingerprint density at radius 3 is 2.70 bits per heavy atom. The Balaban J connectivity index is 2.32. The maximum Gasteiger partial charge on any atom is 0.204 e. The normalized spacial score (nSPS) is 12.2. The molecule has 122 valence electrons. The molecule has 2 heterocycles. The molecule has 2 aromatic heterocycles. The Kier molecular flexibility index (Phi) is 3.85. The van der Waals surface area contributed by atoms with Crippen LogP contribution in [-0.2, 0) is 6.54 Å². The minimum atomic E-state index is -0.866. The largest absolute Gasteiger partial charge is 0.389 e. The van der Waals surface area contributed by atoms with Gasteiger partial charge in [0.25, 0.3) is 0 Å². The minimum absolute atomic E-state index is 0.410. The molecule has 0 amide bonds. The standard InChI is InChI=1S/C17H23N5O/c1-4-9-19-16-21-13-14(22(16)10-17(2,3)23)11-7-5-6-8-12(11)20-15(13)18/h5-8,23H,4,9-10H2,1-3H3,(H2,18,20)(H,19,21). The maximum absolute atomic E-state index is 10.3. The molecule has 0 saturated carbocycles. The number of benzene rings is 1. The molecule has 23 heavy (non-hydrogen) atoms. The lowest BCUT2D eigenvalue weighted by Crippen LogP contribution is -2.27. The van der Waals surface area contributed by atoms with Crippen LogP contribution in [0, 0.1) is 0 Å². The van der Waals surface area contributed by atoms with Crippen molar-refractivity contribution in [1.29, 1.82) is 0 Å². The molecule has 0 bridgehead atoms. The van der Waals surface area contributed by atoms with E-state index in [0.29, 0.717) is 23.8 Å². The molecule has 0 fully saturated rings. The number of para-hydroxylation sites is 1. The van der Waals surface area contributed by atoms with E-state index in [2.05, 4.69) is 22.2 Å². The molecule has 3 aromatic rings. The Bertz CT molecular complexity index is 847. The molecule has 6 heteroatoms. The Morgan fingerprint density at radius 2 is 2.00 bits per heavy atom. The number of aliphatic hydroxyl groups is 1. The van der Waals surface area contributed by atoms with E-state index in [1.807, 2.05) is 28.8 Å². The third-order valence-corrected chi connectivity index (χ3v) is 3.69. The summed E-state index contributed by atoms with van der Waals surface area (Å²) in [6.45, 7) is 6.90. The van der Waals surface area contributed by atoms with Gasteiger partial charge >= 0.3 is 0 Å². The molecule has 0 saturated heterocycles. The van der Waals surface area contributed by atoms with Crippen molar-refractivity contribution in [2.75, 3.05) is 17.6 Å². The molecule has 0 atom stereocenters. The third-order valence-electron chi connectivity index (χ3n) is 3.69. The zero-order chi connectivity index (χ0) is 16.6. The first-order valence-corrected chi connectivity index (χ1v) is 7.91. The molecule has 4 N–H and O–H groups in total. The van der Waals surface area contributed by atoms with Crippen molar-refractivity contribution in [3.8, 4) is 0 Å². The number of anilines is 2. The van der Waals surface area contributed by atoms with E-state index >= 15 is 0 Å². The fourth-order valence-corrected chi connectivity index (χ4v) is 2.77. The molecule has 0 aliphatic heterocycles. The van der Waals surface area contributed by atoms with Gasteiger partial charge in [-0.3, -0.25) is 0 Å². The summed E-state index contributed by atoms with van der Waals surface area (Å²) in [5.41, 5.74) is 7.67. The average molecular weight is 313 g/mol. The average Bonchev–Trinajstić information content (AvgIpc) is 2.83. The Morgan fingerprint density at radius 1 is 1.26 bits per heavy atom. The molecule has 1 aromatic carbocycles. The SMILES string of the molecule is CCCNc1nc2c(N)nc3ccccc3c2n1CC(C)(C)O. The molecule has 0 unspecified atom stereocenters. The van der Waals surface area contributed by atoms with Crippen LogP contribution in [0.4, 0.5) is 11.8 Å².